The fraction of sp³-hybridized carbons (Fsp3) is 0.350. The number of nitrogens with one attached hydrogen (secondary N) is 2. The van der Waals surface area contributed by atoms with Crippen LogP contribution in [0.5, 0.6) is 0 Å². The van der Waals surface area contributed by atoms with E-state index in [-0.39, 0.29) is 38.5 Å². The van der Waals surface area contributed by atoms with Gasteiger partial charge in [0, 0.05) is 30.9 Å². The number of anilines is 1. The maximum absolute atomic E-state index is 13.0. The van der Waals surface area contributed by atoms with Crippen molar-refractivity contribution in [2.24, 2.45) is 0 Å². The molecule has 4 rings (SSSR count). The molecule has 154 valence electrons. The zero-order valence-electron chi connectivity index (χ0n) is 15.6. The monoisotopic (exact) mass is 453 g/mol. The third kappa shape index (κ3) is 4.69. The first-order chi connectivity index (χ1) is 13.8. The molecule has 1 unspecified atom stereocenters. The average Bonchev–Trinajstić information content (AvgIpc) is 3.35. The number of halogens is 2. The van der Waals surface area contributed by atoms with Crippen molar-refractivity contribution in [2.75, 3.05) is 18.4 Å². The van der Waals surface area contributed by atoms with Crippen LogP contribution >= 0.6 is 23.2 Å². The lowest BCUT2D eigenvalue weighted by Crippen LogP contribution is -2.32. The first-order valence-corrected chi connectivity index (χ1v) is 11.7. The molecule has 9 heteroatoms. The second kappa shape index (κ2) is 8.14. The zero-order valence-corrected chi connectivity index (χ0v) is 17.9. The molecule has 1 amide bonds. The fourth-order valence-corrected chi connectivity index (χ4v) is 5.54. The molecule has 2 aromatic carbocycles. The highest BCUT2D eigenvalue weighted by Crippen LogP contribution is 2.32. The second-order valence-electron chi connectivity index (χ2n) is 7.41. The van der Waals surface area contributed by atoms with Crippen LogP contribution in [0.4, 0.5) is 5.69 Å². The summed E-state index contributed by atoms with van der Waals surface area (Å²) < 4.78 is 27.8. The minimum atomic E-state index is -3.80. The minimum Gasteiger partial charge on any atom is -0.380 e. The molecule has 2 aromatic rings. The van der Waals surface area contributed by atoms with Crippen molar-refractivity contribution in [2.45, 2.75) is 36.2 Å². The number of hydrogen-bond acceptors (Lipinski definition) is 4. The van der Waals surface area contributed by atoms with E-state index in [1.807, 2.05) is 30.3 Å². The van der Waals surface area contributed by atoms with Gasteiger partial charge in [-0.1, -0.05) is 41.4 Å². The van der Waals surface area contributed by atoms with Crippen LogP contribution in [0.1, 0.15) is 29.6 Å². The minimum absolute atomic E-state index is 0.00439. The maximum atomic E-state index is 13.0. The van der Waals surface area contributed by atoms with Crippen LogP contribution in [-0.2, 0) is 10.0 Å². The van der Waals surface area contributed by atoms with Gasteiger partial charge in [0.2, 0.25) is 10.0 Å². The van der Waals surface area contributed by atoms with Crippen molar-refractivity contribution < 1.29 is 13.2 Å². The largest absolute Gasteiger partial charge is 0.380 e. The van der Waals surface area contributed by atoms with E-state index in [1.54, 1.807) is 4.90 Å². The van der Waals surface area contributed by atoms with Crippen LogP contribution in [0.2, 0.25) is 10.0 Å². The summed E-state index contributed by atoms with van der Waals surface area (Å²) in [5.74, 6) is -0.299. The van der Waals surface area contributed by atoms with Gasteiger partial charge in [-0.2, -0.15) is 0 Å². The lowest BCUT2D eigenvalue weighted by atomic mass is 10.2. The van der Waals surface area contributed by atoms with Gasteiger partial charge in [0.25, 0.3) is 5.91 Å². The highest BCUT2D eigenvalue weighted by Gasteiger charge is 2.32. The number of nitrogens with zero attached hydrogens (tertiary/aromatic N) is 1. The van der Waals surface area contributed by atoms with Crippen LogP contribution in [-0.4, -0.2) is 44.4 Å². The molecular weight excluding hydrogens is 433 g/mol. The summed E-state index contributed by atoms with van der Waals surface area (Å²) in [7, 11) is -3.80. The van der Waals surface area contributed by atoms with Gasteiger partial charge in [0.15, 0.2) is 0 Å². The molecule has 2 N–H and O–H groups in total. The van der Waals surface area contributed by atoms with E-state index < -0.39 is 10.0 Å². The Morgan fingerprint density at radius 3 is 2.41 bits per heavy atom. The number of carbonyl (C=O) groups is 1. The van der Waals surface area contributed by atoms with Gasteiger partial charge in [-0.15, -0.1) is 0 Å². The number of amides is 1. The molecule has 1 atom stereocenters. The van der Waals surface area contributed by atoms with Gasteiger partial charge in [0.1, 0.15) is 4.90 Å². The van der Waals surface area contributed by atoms with Gasteiger partial charge in [-0.05, 0) is 43.5 Å². The SMILES string of the molecule is O=C(c1cc(S(=O)(=O)NC2CC2)c(Cl)cc1Cl)N1CCC(Nc2ccccc2)C1. The van der Waals surface area contributed by atoms with Crippen molar-refractivity contribution in [1.82, 2.24) is 9.62 Å². The van der Waals surface area contributed by atoms with Crippen molar-refractivity contribution in [3.05, 3.63) is 58.1 Å². The summed E-state index contributed by atoms with van der Waals surface area (Å²) in [6.07, 6.45) is 2.40. The molecule has 1 saturated carbocycles. The summed E-state index contributed by atoms with van der Waals surface area (Å²) >= 11 is 12.4. The second-order valence-corrected chi connectivity index (χ2v) is 9.90. The third-order valence-electron chi connectivity index (χ3n) is 5.06. The average molecular weight is 454 g/mol. The number of benzene rings is 2. The molecule has 6 nitrogen and oxygen atoms in total. The number of rotatable bonds is 6. The molecule has 1 aliphatic heterocycles. The maximum Gasteiger partial charge on any atom is 0.255 e. The number of sulfonamides is 1. The molecule has 0 bridgehead atoms. The Labute approximate surface area is 180 Å². The molecule has 0 radical (unpaired) electrons. The van der Waals surface area contributed by atoms with Gasteiger partial charge in [0.05, 0.1) is 15.6 Å². The summed E-state index contributed by atoms with van der Waals surface area (Å²) in [5, 5.41) is 3.56. The molecule has 0 aromatic heterocycles. The van der Waals surface area contributed by atoms with Gasteiger partial charge >= 0.3 is 0 Å². The Bertz CT molecular complexity index is 1030. The summed E-state index contributed by atoms with van der Waals surface area (Å²) in [6.45, 7) is 1.07. The van der Waals surface area contributed by atoms with E-state index in [2.05, 4.69) is 10.0 Å². The Morgan fingerprint density at radius 1 is 1.00 bits per heavy atom. The van der Waals surface area contributed by atoms with Crippen LogP contribution < -0.4 is 10.0 Å². The van der Waals surface area contributed by atoms with Crippen molar-refractivity contribution in [1.29, 1.82) is 0 Å². The van der Waals surface area contributed by atoms with Gasteiger partial charge in [-0.3, -0.25) is 4.79 Å². The quantitative estimate of drug-likeness (QED) is 0.697. The highest BCUT2D eigenvalue weighted by molar-refractivity contribution is 7.89. The number of para-hydroxylation sites is 1. The first kappa shape index (κ1) is 20.5. The molecule has 2 aliphatic rings. The Kier molecular flexibility index (Phi) is 5.75. The molecule has 1 aliphatic carbocycles. The molecular formula is C20H21Cl2N3O3S. The highest BCUT2D eigenvalue weighted by atomic mass is 35.5. The van der Waals surface area contributed by atoms with Crippen LogP contribution in [0.25, 0.3) is 0 Å². The summed E-state index contributed by atoms with van der Waals surface area (Å²) in [4.78, 5) is 14.6. The van der Waals surface area contributed by atoms with E-state index in [9.17, 15) is 13.2 Å². The van der Waals surface area contributed by atoms with Crippen molar-refractivity contribution >= 4 is 44.8 Å². The van der Waals surface area contributed by atoms with E-state index in [4.69, 9.17) is 23.2 Å². The molecule has 0 spiro atoms. The molecule has 2 fully saturated rings. The van der Waals surface area contributed by atoms with E-state index in [0.717, 1.165) is 24.9 Å². The predicted octanol–water partition coefficient (Wildman–Crippen LogP) is 3.76. The first-order valence-electron chi connectivity index (χ1n) is 9.46. The Balaban J connectivity index is 1.52. The number of hydrogen-bond donors (Lipinski definition) is 2. The van der Waals surface area contributed by atoms with E-state index >= 15 is 0 Å². The van der Waals surface area contributed by atoms with Crippen LogP contribution in [0.3, 0.4) is 0 Å². The Morgan fingerprint density at radius 2 is 1.72 bits per heavy atom. The lowest BCUT2D eigenvalue weighted by molar-refractivity contribution is 0.0791. The lowest BCUT2D eigenvalue weighted by Gasteiger charge is -2.19. The summed E-state index contributed by atoms with van der Waals surface area (Å²) in [5.41, 5.74) is 1.14. The van der Waals surface area contributed by atoms with Gasteiger partial charge in [-0.25, -0.2) is 13.1 Å². The standard InChI is InChI=1S/C20H21Cl2N3O3S/c21-17-11-18(22)19(29(27,28)24-14-6-7-14)10-16(17)20(26)25-9-8-15(12-25)23-13-4-2-1-3-5-13/h1-5,10-11,14-15,23-24H,6-9,12H2. The normalized spacial score (nSPS) is 19.4. The molecule has 29 heavy (non-hydrogen) atoms. The third-order valence-corrected chi connectivity index (χ3v) is 7.36. The number of likely N-dealkylation sites (tertiary alicyclic amines) is 1. The number of carbonyl (C=O) groups excluding carboxylic acids is 1. The zero-order chi connectivity index (χ0) is 20.6. The Hall–Kier alpha value is -1.80. The smallest absolute Gasteiger partial charge is 0.255 e. The van der Waals surface area contributed by atoms with Crippen LogP contribution in [0, 0.1) is 0 Å². The summed E-state index contributed by atoms with van der Waals surface area (Å²) in [6, 6.07) is 12.5. The van der Waals surface area contributed by atoms with Crippen molar-refractivity contribution in [3.8, 4) is 0 Å². The van der Waals surface area contributed by atoms with Gasteiger partial charge < -0.3 is 10.2 Å². The van der Waals surface area contributed by atoms with E-state index in [0.29, 0.717) is 13.1 Å². The van der Waals surface area contributed by atoms with E-state index in [1.165, 1.54) is 12.1 Å². The van der Waals surface area contributed by atoms with Crippen LogP contribution in [0.15, 0.2) is 47.4 Å². The fourth-order valence-electron chi connectivity index (χ4n) is 3.39. The van der Waals surface area contributed by atoms with Crippen molar-refractivity contribution in [3.63, 3.8) is 0 Å². The topological polar surface area (TPSA) is 78.5 Å². The molecule has 1 saturated heterocycles. The predicted molar refractivity (Wildman–Crippen MR) is 114 cm³/mol. The molecule has 1 heterocycles.